The summed E-state index contributed by atoms with van der Waals surface area (Å²) in [4.78, 5) is 14.0. The lowest BCUT2D eigenvalue weighted by Crippen LogP contribution is -2.20. The molecule has 1 aromatic rings. The first-order chi connectivity index (χ1) is 8.65. The number of pyridine rings is 1. The van der Waals surface area contributed by atoms with Gasteiger partial charge in [-0.1, -0.05) is 0 Å². The zero-order valence-corrected chi connectivity index (χ0v) is 10.3. The Hall–Kier alpha value is -1.15. The molecule has 1 rings (SSSR count). The largest absolute Gasteiger partial charge is 0.574 e. The second-order valence-corrected chi connectivity index (χ2v) is 3.76. The van der Waals surface area contributed by atoms with E-state index in [4.69, 9.17) is 23.2 Å². The van der Waals surface area contributed by atoms with Crippen molar-refractivity contribution in [2.75, 3.05) is 0 Å². The molecule has 0 N–H and O–H groups in total. The summed E-state index contributed by atoms with van der Waals surface area (Å²) in [5.41, 5.74) is -2.01. The highest BCUT2D eigenvalue weighted by molar-refractivity contribution is 6.67. The van der Waals surface area contributed by atoms with Crippen molar-refractivity contribution in [1.82, 2.24) is 4.98 Å². The summed E-state index contributed by atoms with van der Waals surface area (Å²) < 4.78 is 64.7. The predicted octanol–water partition coefficient (Wildman–Crippen LogP) is 4.04. The Morgan fingerprint density at radius 1 is 1.42 bits per heavy atom. The number of rotatable bonds is 4. The SMILES string of the molecule is O=C(Cl)c1nc(OC(F)(F)F)c(C(F)F)cc1CCl. The van der Waals surface area contributed by atoms with Gasteiger partial charge in [0.05, 0.1) is 5.56 Å². The van der Waals surface area contributed by atoms with Crippen LogP contribution in [0.3, 0.4) is 0 Å². The van der Waals surface area contributed by atoms with E-state index in [1.807, 2.05) is 0 Å². The van der Waals surface area contributed by atoms with E-state index >= 15 is 0 Å². The van der Waals surface area contributed by atoms with Gasteiger partial charge >= 0.3 is 6.36 Å². The van der Waals surface area contributed by atoms with Crippen LogP contribution in [0.2, 0.25) is 0 Å². The fourth-order valence-corrected chi connectivity index (χ4v) is 1.54. The van der Waals surface area contributed by atoms with E-state index in [2.05, 4.69) is 9.72 Å². The first-order valence-electron chi connectivity index (χ1n) is 4.49. The van der Waals surface area contributed by atoms with E-state index in [1.165, 1.54) is 0 Å². The molecule has 0 aliphatic heterocycles. The zero-order valence-electron chi connectivity index (χ0n) is 8.77. The Bertz CT molecular complexity index is 492. The van der Waals surface area contributed by atoms with E-state index in [9.17, 15) is 26.7 Å². The minimum Gasteiger partial charge on any atom is -0.387 e. The van der Waals surface area contributed by atoms with Crippen LogP contribution in [0, 0.1) is 0 Å². The number of ether oxygens (including phenoxy) is 1. The number of halogens is 7. The van der Waals surface area contributed by atoms with Gasteiger partial charge < -0.3 is 4.74 Å². The van der Waals surface area contributed by atoms with Crippen LogP contribution in [0.5, 0.6) is 5.88 Å². The van der Waals surface area contributed by atoms with E-state index in [0.29, 0.717) is 6.07 Å². The Kier molecular flexibility index (Phi) is 4.92. The molecule has 0 saturated carbocycles. The number of carbonyl (C=O) groups excluding carboxylic acids is 1. The molecule has 0 spiro atoms. The monoisotopic (exact) mass is 323 g/mol. The maximum absolute atomic E-state index is 12.6. The summed E-state index contributed by atoms with van der Waals surface area (Å²) in [5, 5.41) is -1.23. The summed E-state index contributed by atoms with van der Waals surface area (Å²) in [6.45, 7) is 0. The first-order valence-corrected chi connectivity index (χ1v) is 5.40. The molecule has 0 aliphatic rings. The number of aromatic nitrogens is 1. The summed E-state index contributed by atoms with van der Waals surface area (Å²) in [5.74, 6) is -1.85. The predicted molar refractivity (Wildman–Crippen MR) is 55.6 cm³/mol. The lowest BCUT2D eigenvalue weighted by atomic mass is 10.1. The van der Waals surface area contributed by atoms with Crippen molar-refractivity contribution in [1.29, 1.82) is 0 Å². The molecule has 106 valence electrons. The maximum atomic E-state index is 12.6. The molecule has 0 saturated heterocycles. The second kappa shape index (κ2) is 5.87. The van der Waals surface area contributed by atoms with Crippen LogP contribution in [0.15, 0.2) is 6.07 Å². The van der Waals surface area contributed by atoms with Gasteiger partial charge in [0, 0.05) is 5.88 Å². The highest BCUT2D eigenvalue weighted by Gasteiger charge is 2.35. The lowest BCUT2D eigenvalue weighted by Gasteiger charge is -2.14. The van der Waals surface area contributed by atoms with Crippen LogP contribution in [-0.4, -0.2) is 16.6 Å². The first kappa shape index (κ1) is 15.9. The number of hydrogen-bond acceptors (Lipinski definition) is 3. The average Bonchev–Trinajstić information content (AvgIpc) is 2.25. The molecule has 3 nitrogen and oxygen atoms in total. The van der Waals surface area contributed by atoms with Crippen molar-refractivity contribution in [3.8, 4) is 5.88 Å². The van der Waals surface area contributed by atoms with Crippen molar-refractivity contribution in [3.05, 3.63) is 22.9 Å². The fraction of sp³-hybridized carbons (Fsp3) is 0.333. The van der Waals surface area contributed by atoms with Gasteiger partial charge in [-0.3, -0.25) is 4.79 Å². The third kappa shape index (κ3) is 4.17. The lowest BCUT2D eigenvalue weighted by molar-refractivity contribution is -0.276. The van der Waals surface area contributed by atoms with Crippen LogP contribution < -0.4 is 4.74 Å². The number of carbonyl (C=O) groups is 1. The van der Waals surface area contributed by atoms with Gasteiger partial charge in [0.25, 0.3) is 11.7 Å². The van der Waals surface area contributed by atoms with Crippen molar-refractivity contribution in [3.63, 3.8) is 0 Å². The van der Waals surface area contributed by atoms with Crippen LogP contribution in [0.1, 0.15) is 28.0 Å². The number of nitrogens with zero attached hydrogens (tertiary/aromatic N) is 1. The topological polar surface area (TPSA) is 39.2 Å². The standard InChI is InChI=1S/C9H4Cl2F5NO2/c10-2-3-1-4(7(12)13)8(19-9(14,15)16)17-5(3)6(11)18/h1,7H,2H2. The molecule has 10 heteroatoms. The molecule has 0 atom stereocenters. The van der Waals surface area contributed by atoms with Crippen molar-refractivity contribution >= 4 is 28.4 Å². The summed E-state index contributed by atoms with van der Waals surface area (Å²) in [6, 6.07) is 0.599. The van der Waals surface area contributed by atoms with Crippen molar-refractivity contribution < 1.29 is 31.5 Å². The van der Waals surface area contributed by atoms with E-state index in [-0.39, 0.29) is 5.56 Å². The van der Waals surface area contributed by atoms with E-state index in [1.54, 1.807) is 0 Å². The molecule has 1 heterocycles. The summed E-state index contributed by atoms with van der Waals surface area (Å²) in [6.07, 6.45) is -8.52. The Morgan fingerprint density at radius 2 is 2.00 bits per heavy atom. The Labute approximate surface area is 113 Å². The average molecular weight is 324 g/mol. The molecular weight excluding hydrogens is 320 g/mol. The van der Waals surface area contributed by atoms with Gasteiger partial charge in [-0.25, -0.2) is 13.8 Å². The fourth-order valence-electron chi connectivity index (χ4n) is 1.18. The third-order valence-corrected chi connectivity index (χ3v) is 2.34. The van der Waals surface area contributed by atoms with Crippen molar-refractivity contribution in [2.45, 2.75) is 18.7 Å². The molecule has 19 heavy (non-hydrogen) atoms. The molecule has 0 bridgehead atoms. The molecule has 0 amide bonds. The molecule has 0 radical (unpaired) electrons. The van der Waals surface area contributed by atoms with Crippen molar-refractivity contribution in [2.24, 2.45) is 0 Å². The highest BCUT2D eigenvalue weighted by atomic mass is 35.5. The van der Waals surface area contributed by atoms with Gasteiger partial charge in [0.2, 0.25) is 5.88 Å². The van der Waals surface area contributed by atoms with Gasteiger partial charge in [0.1, 0.15) is 5.69 Å². The minimum atomic E-state index is -5.23. The smallest absolute Gasteiger partial charge is 0.387 e. The quantitative estimate of drug-likeness (QED) is 0.477. The van der Waals surface area contributed by atoms with Crippen LogP contribution >= 0.6 is 23.2 Å². The number of hydrogen-bond donors (Lipinski definition) is 0. The van der Waals surface area contributed by atoms with Gasteiger partial charge in [-0.05, 0) is 23.2 Å². The maximum Gasteiger partial charge on any atom is 0.574 e. The molecule has 0 aliphatic carbocycles. The zero-order chi connectivity index (χ0) is 14.8. The normalized spacial score (nSPS) is 11.8. The molecule has 0 fully saturated rings. The van der Waals surface area contributed by atoms with Gasteiger partial charge in [0.15, 0.2) is 0 Å². The summed E-state index contributed by atoms with van der Waals surface area (Å²) in [7, 11) is 0. The highest BCUT2D eigenvalue weighted by Crippen LogP contribution is 2.33. The summed E-state index contributed by atoms with van der Waals surface area (Å²) >= 11 is 10.5. The van der Waals surface area contributed by atoms with Gasteiger partial charge in [-0.2, -0.15) is 0 Å². The molecule has 0 aromatic carbocycles. The molecule has 0 unspecified atom stereocenters. The number of alkyl halides is 6. The van der Waals surface area contributed by atoms with E-state index in [0.717, 1.165) is 0 Å². The van der Waals surface area contributed by atoms with Crippen LogP contribution in [0.4, 0.5) is 22.0 Å². The Balaban J connectivity index is 3.41. The molecule has 1 aromatic heterocycles. The minimum absolute atomic E-state index is 0.216. The molecular formula is C9H4Cl2F5NO2. The van der Waals surface area contributed by atoms with Gasteiger partial charge in [-0.15, -0.1) is 24.8 Å². The van der Waals surface area contributed by atoms with Crippen LogP contribution in [0.25, 0.3) is 0 Å². The van der Waals surface area contributed by atoms with E-state index < -0.39 is 41.0 Å². The van der Waals surface area contributed by atoms with Crippen LogP contribution in [-0.2, 0) is 5.88 Å². The third-order valence-electron chi connectivity index (χ3n) is 1.87. The second-order valence-electron chi connectivity index (χ2n) is 3.15. The Morgan fingerprint density at radius 3 is 2.37 bits per heavy atom.